The first kappa shape index (κ1) is 14.3. The highest BCUT2D eigenvalue weighted by atomic mass is 127. The standard InChI is InChI=1S/C14H10ClFINO/c1-8-11(15)3-2-4-13(8)18-14(19)10-6-5-9(16)7-12(10)17/h2-7H,1H3,(H,18,19). The molecule has 0 aliphatic heterocycles. The maximum Gasteiger partial charge on any atom is 0.256 e. The monoisotopic (exact) mass is 389 g/mol. The molecule has 1 amide bonds. The molecule has 98 valence electrons. The number of hydrogen-bond donors (Lipinski definition) is 1. The molecule has 0 fully saturated rings. The van der Waals surface area contributed by atoms with Crippen LogP contribution in [-0.4, -0.2) is 5.91 Å². The Hall–Kier alpha value is -1.14. The van der Waals surface area contributed by atoms with Gasteiger partial charge in [0.15, 0.2) is 0 Å². The van der Waals surface area contributed by atoms with Crippen molar-refractivity contribution >= 4 is 45.8 Å². The Balaban J connectivity index is 2.28. The highest BCUT2D eigenvalue weighted by Gasteiger charge is 2.12. The van der Waals surface area contributed by atoms with Crippen LogP contribution in [0.25, 0.3) is 0 Å². The fraction of sp³-hybridized carbons (Fsp3) is 0.0714. The van der Waals surface area contributed by atoms with Gasteiger partial charge in [0.05, 0.1) is 5.56 Å². The number of halogens is 3. The van der Waals surface area contributed by atoms with Gasteiger partial charge in [-0.1, -0.05) is 17.7 Å². The number of amides is 1. The van der Waals surface area contributed by atoms with E-state index in [0.717, 1.165) is 5.56 Å². The lowest BCUT2D eigenvalue weighted by molar-refractivity contribution is 0.102. The Bertz CT molecular complexity index is 645. The zero-order valence-electron chi connectivity index (χ0n) is 10.0. The van der Waals surface area contributed by atoms with Crippen LogP contribution in [0.3, 0.4) is 0 Å². The van der Waals surface area contributed by atoms with Crippen molar-refractivity contribution in [2.45, 2.75) is 6.92 Å². The van der Waals surface area contributed by atoms with Gasteiger partial charge in [-0.3, -0.25) is 4.79 Å². The van der Waals surface area contributed by atoms with Crippen LogP contribution < -0.4 is 5.32 Å². The first-order valence-electron chi connectivity index (χ1n) is 5.50. The second-order valence-corrected chi connectivity index (χ2v) is 5.56. The van der Waals surface area contributed by atoms with E-state index >= 15 is 0 Å². The summed E-state index contributed by atoms with van der Waals surface area (Å²) >= 11 is 7.93. The van der Waals surface area contributed by atoms with Gasteiger partial charge < -0.3 is 5.32 Å². The van der Waals surface area contributed by atoms with Crippen LogP contribution in [0.1, 0.15) is 15.9 Å². The zero-order valence-corrected chi connectivity index (χ0v) is 12.9. The predicted octanol–water partition coefficient (Wildman–Crippen LogP) is 4.64. The average molecular weight is 390 g/mol. The van der Waals surface area contributed by atoms with Crippen molar-refractivity contribution in [3.8, 4) is 0 Å². The number of rotatable bonds is 2. The highest BCUT2D eigenvalue weighted by molar-refractivity contribution is 14.1. The van der Waals surface area contributed by atoms with Gasteiger partial charge in [0.25, 0.3) is 5.91 Å². The summed E-state index contributed by atoms with van der Waals surface area (Å²) in [5.74, 6) is -0.644. The van der Waals surface area contributed by atoms with Crippen molar-refractivity contribution in [1.29, 1.82) is 0 Å². The largest absolute Gasteiger partial charge is 0.322 e. The van der Waals surface area contributed by atoms with E-state index in [0.29, 0.717) is 19.8 Å². The van der Waals surface area contributed by atoms with Gasteiger partial charge in [0, 0.05) is 14.3 Å². The first-order chi connectivity index (χ1) is 8.99. The average Bonchev–Trinajstić information content (AvgIpc) is 2.34. The summed E-state index contributed by atoms with van der Waals surface area (Å²) in [6, 6.07) is 9.35. The van der Waals surface area contributed by atoms with E-state index in [-0.39, 0.29) is 11.7 Å². The molecule has 0 heterocycles. The van der Waals surface area contributed by atoms with Crippen LogP contribution >= 0.6 is 34.2 Å². The van der Waals surface area contributed by atoms with Crippen molar-refractivity contribution in [3.05, 3.63) is 61.9 Å². The lowest BCUT2D eigenvalue weighted by Gasteiger charge is -2.10. The van der Waals surface area contributed by atoms with Gasteiger partial charge in [-0.05, 0) is 65.4 Å². The summed E-state index contributed by atoms with van der Waals surface area (Å²) in [4.78, 5) is 12.1. The number of hydrogen-bond acceptors (Lipinski definition) is 1. The van der Waals surface area contributed by atoms with Crippen molar-refractivity contribution in [3.63, 3.8) is 0 Å². The van der Waals surface area contributed by atoms with Crippen LogP contribution in [0.4, 0.5) is 10.1 Å². The van der Waals surface area contributed by atoms with Crippen molar-refractivity contribution in [2.75, 3.05) is 5.32 Å². The quantitative estimate of drug-likeness (QED) is 0.745. The normalized spacial score (nSPS) is 10.3. The Kier molecular flexibility index (Phi) is 4.42. The maximum atomic E-state index is 13.0. The van der Waals surface area contributed by atoms with Crippen molar-refractivity contribution in [1.82, 2.24) is 0 Å². The fourth-order valence-corrected chi connectivity index (χ4v) is 2.50. The summed E-state index contributed by atoms with van der Waals surface area (Å²) in [5.41, 5.74) is 1.88. The second kappa shape index (κ2) is 5.88. The van der Waals surface area contributed by atoms with E-state index in [4.69, 9.17) is 11.6 Å². The molecule has 0 unspecified atom stereocenters. The SMILES string of the molecule is Cc1c(Cl)cccc1NC(=O)c1ccc(F)cc1I. The van der Waals surface area contributed by atoms with Crippen LogP contribution in [0.15, 0.2) is 36.4 Å². The lowest BCUT2D eigenvalue weighted by atomic mass is 10.1. The molecule has 0 saturated carbocycles. The van der Waals surface area contributed by atoms with Crippen LogP contribution in [-0.2, 0) is 0 Å². The molecule has 2 nitrogen and oxygen atoms in total. The van der Waals surface area contributed by atoms with Gasteiger partial charge >= 0.3 is 0 Å². The fourth-order valence-electron chi connectivity index (χ4n) is 1.61. The van der Waals surface area contributed by atoms with Crippen LogP contribution in [0, 0.1) is 16.3 Å². The number of carbonyl (C=O) groups is 1. The highest BCUT2D eigenvalue weighted by Crippen LogP contribution is 2.24. The van der Waals surface area contributed by atoms with E-state index in [9.17, 15) is 9.18 Å². The molecule has 0 aliphatic rings. The number of anilines is 1. The molecule has 19 heavy (non-hydrogen) atoms. The third-order valence-corrected chi connectivity index (χ3v) is 3.99. The summed E-state index contributed by atoms with van der Waals surface area (Å²) < 4.78 is 13.6. The molecule has 0 saturated heterocycles. The summed E-state index contributed by atoms with van der Waals surface area (Å²) in [6.45, 7) is 1.83. The van der Waals surface area contributed by atoms with Gasteiger partial charge in [-0.15, -0.1) is 0 Å². The molecule has 0 spiro atoms. The second-order valence-electron chi connectivity index (χ2n) is 3.99. The van der Waals surface area contributed by atoms with Crippen molar-refractivity contribution in [2.24, 2.45) is 0 Å². The Morgan fingerprint density at radius 1 is 1.32 bits per heavy atom. The van der Waals surface area contributed by atoms with Crippen molar-refractivity contribution < 1.29 is 9.18 Å². The third kappa shape index (κ3) is 3.25. The van der Waals surface area contributed by atoms with E-state index in [1.807, 2.05) is 29.5 Å². The van der Waals surface area contributed by atoms with Crippen LogP contribution in [0.2, 0.25) is 5.02 Å². The smallest absolute Gasteiger partial charge is 0.256 e. The topological polar surface area (TPSA) is 29.1 Å². The minimum Gasteiger partial charge on any atom is -0.322 e. The molecule has 0 bridgehead atoms. The molecule has 2 aromatic rings. The molecular weight excluding hydrogens is 380 g/mol. The molecule has 0 aromatic heterocycles. The Labute approximate surface area is 129 Å². The lowest BCUT2D eigenvalue weighted by Crippen LogP contribution is -2.14. The van der Waals surface area contributed by atoms with E-state index in [1.165, 1.54) is 18.2 Å². The van der Waals surface area contributed by atoms with E-state index in [1.54, 1.807) is 18.2 Å². The maximum absolute atomic E-state index is 13.0. The Morgan fingerprint density at radius 2 is 2.05 bits per heavy atom. The zero-order chi connectivity index (χ0) is 14.0. The third-order valence-electron chi connectivity index (χ3n) is 2.69. The predicted molar refractivity (Wildman–Crippen MR) is 83.3 cm³/mol. The Morgan fingerprint density at radius 3 is 2.74 bits per heavy atom. The molecule has 0 radical (unpaired) electrons. The first-order valence-corrected chi connectivity index (χ1v) is 6.96. The molecule has 5 heteroatoms. The summed E-state index contributed by atoms with van der Waals surface area (Å²) in [6.07, 6.45) is 0. The van der Waals surface area contributed by atoms with Gasteiger partial charge in [0.2, 0.25) is 0 Å². The molecule has 2 rings (SSSR count). The number of benzene rings is 2. The number of nitrogens with one attached hydrogen (secondary N) is 1. The minimum atomic E-state index is -0.361. The van der Waals surface area contributed by atoms with Crippen LogP contribution in [0.5, 0.6) is 0 Å². The summed E-state index contributed by atoms with van der Waals surface area (Å²) in [5, 5.41) is 3.37. The molecular formula is C14H10ClFINO. The van der Waals surface area contributed by atoms with Gasteiger partial charge in [0.1, 0.15) is 5.82 Å². The van der Waals surface area contributed by atoms with E-state index < -0.39 is 0 Å². The molecule has 1 N–H and O–H groups in total. The van der Waals surface area contributed by atoms with Gasteiger partial charge in [-0.25, -0.2) is 4.39 Å². The number of carbonyl (C=O) groups excluding carboxylic acids is 1. The molecule has 0 atom stereocenters. The molecule has 0 aliphatic carbocycles. The minimum absolute atomic E-state index is 0.283. The van der Waals surface area contributed by atoms with E-state index in [2.05, 4.69) is 5.32 Å². The summed E-state index contributed by atoms with van der Waals surface area (Å²) in [7, 11) is 0. The van der Waals surface area contributed by atoms with Gasteiger partial charge in [-0.2, -0.15) is 0 Å². The molecule has 2 aromatic carbocycles.